The summed E-state index contributed by atoms with van der Waals surface area (Å²) in [6.45, 7) is 12.4. The normalized spacial score (nSPS) is 14.5. The molecule has 0 radical (unpaired) electrons. The summed E-state index contributed by atoms with van der Waals surface area (Å²) in [4.78, 5) is 0. The van der Waals surface area contributed by atoms with Crippen molar-refractivity contribution in [3.8, 4) is 0 Å². The van der Waals surface area contributed by atoms with E-state index in [1.807, 2.05) is 11.8 Å². The van der Waals surface area contributed by atoms with Crippen LogP contribution in [0.25, 0.3) is 0 Å². The fourth-order valence-electron chi connectivity index (χ4n) is 0.987. The summed E-state index contributed by atoms with van der Waals surface area (Å²) < 4.78 is 0. The second-order valence-electron chi connectivity index (χ2n) is 4.83. The van der Waals surface area contributed by atoms with E-state index >= 15 is 0 Å². The second kappa shape index (κ2) is 6.72. The van der Waals surface area contributed by atoms with Crippen LogP contribution in [0.5, 0.6) is 0 Å². The molecule has 0 aliphatic heterocycles. The summed E-state index contributed by atoms with van der Waals surface area (Å²) in [7, 11) is 0. The molecule has 1 unspecified atom stereocenters. The number of hydrogen-bond acceptors (Lipinski definition) is 2. The highest BCUT2D eigenvalue weighted by Gasteiger charge is 2.11. The van der Waals surface area contributed by atoms with Gasteiger partial charge in [0.1, 0.15) is 0 Å². The van der Waals surface area contributed by atoms with E-state index in [4.69, 9.17) is 0 Å². The molecule has 80 valence electrons. The third-order valence-electron chi connectivity index (χ3n) is 1.88. The molecule has 0 heterocycles. The van der Waals surface area contributed by atoms with Gasteiger partial charge in [-0.2, -0.15) is 11.8 Å². The summed E-state index contributed by atoms with van der Waals surface area (Å²) in [5.74, 6) is 2.53. The van der Waals surface area contributed by atoms with E-state index in [-0.39, 0.29) is 0 Å². The van der Waals surface area contributed by atoms with Gasteiger partial charge in [0.15, 0.2) is 0 Å². The summed E-state index contributed by atoms with van der Waals surface area (Å²) >= 11 is 2.03. The highest BCUT2D eigenvalue weighted by atomic mass is 32.2. The number of thioether (sulfide) groups is 1. The molecule has 0 aromatic rings. The first-order chi connectivity index (χ1) is 5.95. The minimum atomic E-state index is 0.409. The van der Waals surface area contributed by atoms with Crippen molar-refractivity contribution in [1.82, 2.24) is 5.32 Å². The highest BCUT2D eigenvalue weighted by Crippen LogP contribution is 2.11. The third kappa shape index (κ3) is 10.2. The van der Waals surface area contributed by atoms with Crippen LogP contribution in [0.1, 0.15) is 41.0 Å². The Morgan fingerprint density at radius 3 is 2.38 bits per heavy atom. The Hall–Kier alpha value is 0.310. The lowest BCUT2D eigenvalue weighted by Gasteiger charge is -2.22. The molecule has 0 aromatic carbocycles. The van der Waals surface area contributed by atoms with Crippen molar-refractivity contribution >= 4 is 11.8 Å². The number of nitrogens with one attached hydrogen (secondary N) is 1. The lowest BCUT2D eigenvalue weighted by Crippen LogP contribution is -2.34. The number of rotatable bonds is 6. The van der Waals surface area contributed by atoms with Crippen LogP contribution in [0.2, 0.25) is 0 Å². The fraction of sp³-hybridized carbons (Fsp3) is 1.00. The Labute approximate surface area is 88.1 Å². The van der Waals surface area contributed by atoms with Crippen LogP contribution in [-0.4, -0.2) is 24.1 Å². The van der Waals surface area contributed by atoms with Crippen LogP contribution < -0.4 is 5.32 Å². The first-order valence-electron chi connectivity index (χ1n) is 5.27. The Morgan fingerprint density at radius 1 is 1.31 bits per heavy atom. The average Bonchev–Trinajstić information content (AvgIpc) is 2.00. The monoisotopic (exact) mass is 203 g/mol. The summed E-state index contributed by atoms with van der Waals surface area (Å²) in [6, 6.07) is 0.665. The Kier molecular flexibility index (Phi) is 6.88. The first-order valence-corrected chi connectivity index (χ1v) is 6.42. The van der Waals surface area contributed by atoms with Gasteiger partial charge in [-0.15, -0.1) is 0 Å². The molecule has 0 aliphatic rings. The van der Waals surface area contributed by atoms with Crippen LogP contribution >= 0.6 is 11.8 Å². The maximum atomic E-state index is 3.57. The summed E-state index contributed by atoms with van der Waals surface area (Å²) in [6.07, 6.45) is 1.29. The smallest absolute Gasteiger partial charge is 0.00468 e. The van der Waals surface area contributed by atoms with Gasteiger partial charge in [-0.05, 0) is 30.3 Å². The number of hydrogen-bond donors (Lipinski definition) is 1. The first kappa shape index (κ1) is 13.3. The zero-order valence-electron chi connectivity index (χ0n) is 9.81. The molecule has 0 saturated carbocycles. The molecule has 0 rings (SSSR count). The van der Waals surface area contributed by atoms with Crippen LogP contribution in [0.3, 0.4) is 0 Å². The predicted octanol–water partition coefficient (Wildman–Crippen LogP) is 3.15. The predicted molar refractivity (Wildman–Crippen MR) is 64.5 cm³/mol. The molecular formula is C11H25NS. The maximum absolute atomic E-state index is 3.57. The molecule has 0 saturated heterocycles. The highest BCUT2D eigenvalue weighted by molar-refractivity contribution is 7.99. The maximum Gasteiger partial charge on any atom is 0.00468 e. The van der Waals surface area contributed by atoms with Crippen molar-refractivity contribution in [3.63, 3.8) is 0 Å². The van der Waals surface area contributed by atoms with Gasteiger partial charge in [0.05, 0.1) is 0 Å². The van der Waals surface area contributed by atoms with E-state index in [0.29, 0.717) is 11.5 Å². The Balaban J connectivity index is 3.35. The van der Waals surface area contributed by atoms with Gasteiger partial charge < -0.3 is 5.32 Å². The minimum absolute atomic E-state index is 0.409. The van der Waals surface area contributed by atoms with E-state index in [1.165, 1.54) is 17.9 Å². The van der Waals surface area contributed by atoms with Crippen molar-refractivity contribution in [1.29, 1.82) is 0 Å². The van der Waals surface area contributed by atoms with Gasteiger partial charge in [-0.3, -0.25) is 0 Å². The van der Waals surface area contributed by atoms with E-state index in [1.54, 1.807) is 0 Å². The molecule has 0 bridgehead atoms. The summed E-state index contributed by atoms with van der Waals surface area (Å²) in [5.41, 5.74) is 0.409. The van der Waals surface area contributed by atoms with Crippen LogP contribution in [-0.2, 0) is 0 Å². The van der Waals surface area contributed by atoms with Crippen molar-refractivity contribution < 1.29 is 0 Å². The van der Waals surface area contributed by atoms with Gasteiger partial charge in [0.25, 0.3) is 0 Å². The summed E-state index contributed by atoms with van der Waals surface area (Å²) in [5, 5.41) is 3.57. The minimum Gasteiger partial charge on any atom is -0.314 e. The molecule has 1 atom stereocenters. The van der Waals surface area contributed by atoms with Gasteiger partial charge in [0, 0.05) is 12.6 Å². The third-order valence-corrected chi connectivity index (χ3v) is 2.81. The SMILES string of the molecule is CCSCCC(C)NCC(C)(C)C. The topological polar surface area (TPSA) is 12.0 Å². The van der Waals surface area contributed by atoms with E-state index < -0.39 is 0 Å². The van der Waals surface area contributed by atoms with Gasteiger partial charge in [-0.1, -0.05) is 27.7 Å². The molecule has 0 aliphatic carbocycles. The van der Waals surface area contributed by atoms with Gasteiger partial charge in [0.2, 0.25) is 0 Å². The largest absolute Gasteiger partial charge is 0.314 e. The second-order valence-corrected chi connectivity index (χ2v) is 6.22. The lowest BCUT2D eigenvalue weighted by molar-refractivity contribution is 0.354. The molecule has 1 N–H and O–H groups in total. The van der Waals surface area contributed by atoms with Crippen LogP contribution in [0, 0.1) is 5.41 Å². The van der Waals surface area contributed by atoms with Crippen LogP contribution in [0.4, 0.5) is 0 Å². The van der Waals surface area contributed by atoms with Crippen molar-refractivity contribution in [3.05, 3.63) is 0 Å². The van der Waals surface area contributed by atoms with E-state index in [2.05, 4.69) is 39.9 Å². The lowest BCUT2D eigenvalue weighted by atomic mass is 9.96. The molecule has 0 spiro atoms. The Bertz CT molecular complexity index is 118. The molecule has 0 amide bonds. The zero-order chi connectivity index (χ0) is 10.3. The van der Waals surface area contributed by atoms with Crippen molar-refractivity contribution in [2.45, 2.75) is 47.1 Å². The zero-order valence-corrected chi connectivity index (χ0v) is 10.6. The molecule has 13 heavy (non-hydrogen) atoms. The van der Waals surface area contributed by atoms with Crippen molar-refractivity contribution in [2.24, 2.45) is 5.41 Å². The standard InChI is InChI=1S/C11H25NS/c1-6-13-8-7-10(2)12-9-11(3,4)5/h10,12H,6-9H2,1-5H3. The molecule has 0 fully saturated rings. The fourth-order valence-corrected chi connectivity index (χ4v) is 1.80. The van der Waals surface area contributed by atoms with Gasteiger partial charge >= 0.3 is 0 Å². The molecule has 1 nitrogen and oxygen atoms in total. The van der Waals surface area contributed by atoms with E-state index in [9.17, 15) is 0 Å². The van der Waals surface area contributed by atoms with Gasteiger partial charge in [-0.25, -0.2) is 0 Å². The van der Waals surface area contributed by atoms with E-state index in [0.717, 1.165) is 6.54 Å². The average molecular weight is 203 g/mol. The van der Waals surface area contributed by atoms with Crippen molar-refractivity contribution in [2.75, 3.05) is 18.1 Å². The Morgan fingerprint density at radius 2 is 1.92 bits per heavy atom. The quantitative estimate of drug-likeness (QED) is 0.666. The molecule has 2 heteroatoms. The molecular weight excluding hydrogens is 178 g/mol. The molecule has 0 aromatic heterocycles. The van der Waals surface area contributed by atoms with Crippen LogP contribution in [0.15, 0.2) is 0 Å².